The Bertz CT molecular complexity index is 810. The van der Waals surface area contributed by atoms with Crippen LogP contribution in [0.3, 0.4) is 0 Å². The van der Waals surface area contributed by atoms with E-state index in [4.69, 9.17) is 4.74 Å². The highest BCUT2D eigenvalue weighted by molar-refractivity contribution is 5.34. The number of hydrogen-bond donors (Lipinski definition) is 0. The van der Waals surface area contributed by atoms with Gasteiger partial charge in [0.15, 0.2) is 23.2 Å². The van der Waals surface area contributed by atoms with Crippen LogP contribution in [0, 0.1) is 23.3 Å². The molecular weight excluding hydrogens is 356 g/mol. The quantitative estimate of drug-likeness (QED) is 0.528. The minimum Gasteiger partial charge on any atom is -0.491 e. The summed E-state index contributed by atoms with van der Waals surface area (Å²) >= 11 is 0. The highest BCUT2D eigenvalue weighted by atomic mass is 19.2. The highest BCUT2D eigenvalue weighted by Crippen LogP contribution is 2.43. The van der Waals surface area contributed by atoms with Gasteiger partial charge in [-0.05, 0) is 73.6 Å². The molecule has 1 nitrogen and oxygen atoms in total. The fourth-order valence-corrected chi connectivity index (χ4v) is 4.04. The van der Waals surface area contributed by atoms with Crippen molar-refractivity contribution in [2.75, 3.05) is 6.61 Å². The van der Waals surface area contributed by atoms with Crippen molar-refractivity contribution >= 4 is 0 Å². The molecule has 1 fully saturated rings. The van der Waals surface area contributed by atoms with E-state index in [2.05, 4.69) is 0 Å². The van der Waals surface area contributed by atoms with Crippen molar-refractivity contribution in [3.05, 3.63) is 64.2 Å². The Labute approximate surface area is 157 Å². The number of hydrogen-bond acceptors (Lipinski definition) is 1. The van der Waals surface area contributed by atoms with Gasteiger partial charge in [0.2, 0.25) is 5.82 Å². The van der Waals surface area contributed by atoms with Crippen LogP contribution in [0.2, 0.25) is 0 Å². The van der Waals surface area contributed by atoms with Gasteiger partial charge in [-0.15, -0.1) is 0 Å². The third-order valence-electron chi connectivity index (χ3n) is 5.56. The largest absolute Gasteiger partial charge is 0.491 e. The summed E-state index contributed by atoms with van der Waals surface area (Å²) < 4.78 is 62.1. The predicted octanol–water partition coefficient (Wildman–Crippen LogP) is 6.65. The van der Waals surface area contributed by atoms with Crippen molar-refractivity contribution in [2.24, 2.45) is 0 Å². The van der Waals surface area contributed by atoms with E-state index < -0.39 is 23.3 Å². The third kappa shape index (κ3) is 3.83. The summed E-state index contributed by atoms with van der Waals surface area (Å²) in [5.41, 5.74) is 1.10. The lowest BCUT2D eigenvalue weighted by atomic mass is 9.75. The molecule has 1 aliphatic rings. The summed E-state index contributed by atoms with van der Waals surface area (Å²) in [6.07, 6.45) is 2.87. The Balaban J connectivity index is 1.75. The summed E-state index contributed by atoms with van der Waals surface area (Å²) in [7, 11) is 0. The molecule has 1 aliphatic carbocycles. The molecule has 0 heterocycles. The molecule has 27 heavy (non-hydrogen) atoms. The molecule has 2 aromatic rings. The van der Waals surface area contributed by atoms with Gasteiger partial charge in [0.25, 0.3) is 0 Å². The average Bonchev–Trinajstić information content (AvgIpc) is 2.68. The van der Waals surface area contributed by atoms with Crippen LogP contribution in [-0.4, -0.2) is 6.61 Å². The molecule has 0 aliphatic heterocycles. The molecule has 0 spiro atoms. The van der Waals surface area contributed by atoms with E-state index >= 15 is 0 Å². The first-order valence-electron chi connectivity index (χ1n) is 9.55. The van der Waals surface area contributed by atoms with Crippen molar-refractivity contribution in [3.8, 4) is 5.75 Å². The van der Waals surface area contributed by atoms with Crippen molar-refractivity contribution in [1.82, 2.24) is 0 Å². The van der Waals surface area contributed by atoms with E-state index in [1.54, 1.807) is 32.0 Å². The van der Waals surface area contributed by atoms with Crippen molar-refractivity contribution < 1.29 is 22.3 Å². The molecule has 3 rings (SSSR count). The maximum Gasteiger partial charge on any atom is 0.200 e. The smallest absolute Gasteiger partial charge is 0.200 e. The van der Waals surface area contributed by atoms with Gasteiger partial charge in [0, 0.05) is 0 Å². The molecule has 146 valence electrons. The molecule has 0 bridgehead atoms. The van der Waals surface area contributed by atoms with Crippen LogP contribution in [0.5, 0.6) is 5.75 Å². The van der Waals surface area contributed by atoms with E-state index in [0.29, 0.717) is 48.8 Å². The topological polar surface area (TPSA) is 9.23 Å². The molecule has 0 unspecified atom stereocenters. The first-order valence-corrected chi connectivity index (χ1v) is 9.55. The second kappa shape index (κ2) is 8.32. The summed E-state index contributed by atoms with van der Waals surface area (Å²) in [6, 6.07) is 6.34. The SMILES string of the molecule is CCOc1ccc(C2CCC(c3ccc(CC)c(F)c3F)CC2)c(F)c1F. The van der Waals surface area contributed by atoms with Crippen LogP contribution < -0.4 is 4.74 Å². The van der Waals surface area contributed by atoms with Gasteiger partial charge >= 0.3 is 0 Å². The van der Waals surface area contributed by atoms with Gasteiger partial charge in [-0.25, -0.2) is 13.2 Å². The molecule has 0 N–H and O–H groups in total. The Hall–Kier alpha value is -2.04. The molecule has 0 aromatic heterocycles. The molecular formula is C22H24F4O. The molecule has 0 atom stereocenters. The van der Waals surface area contributed by atoms with Crippen LogP contribution in [-0.2, 0) is 6.42 Å². The number of halogens is 4. The lowest BCUT2D eigenvalue weighted by Crippen LogP contribution is -2.15. The average molecular weight is 380 g/mol. The summed E-state index contributed by atoms with van der Waals surface area (Å²) in [5, 5.41) is 0. The molecule has 0 saturated heterocycles. The van der Waals surface area contributed by atoms with Crippen molar-refractivity contribution in [1.29, 1.82) is 0 Å². The zero-order chi connectivity index (χ0) is 19.6. The zero-order valence-corrected chi connectivity index (χ0v) is 15.6. The summed E-state index contributed by atoms with van der Waals surface area (Å²) in [6.45, 7) is 3.76. The van der Waals surface area contributed by atoms with E-state index in [-0.39, 0.29) is 24.2 Å². The van der Waals surface area contributed by atoms with Crippen LogP contribution >= 0.6 is 0 Å². The molecule has 5 heteroatoms. The van der Waals surface area contributed by atoms with E-state index in [9.17, 15) is 17.6 Å². The highest BCUT2D eigenvalue weighted by Gasteiger charge is 2.29. The van der Waals surface area contributed by atoms with Crippen LogP contribution in [0.15, 0.2) is 24.3 Å². The van der Waals surface area contributed by atoms with Gasteiger partial charge in [-0.3, -0.25) is 0 Å². The van der Waals surface area contributed by atoms with Crippen molar-refractivity contribution in [3.63, 3.8) is 0 Å². The zero-order valence-electron chi connectivity index (χ0n) is 15.6. The first-order chi connectivity index (χ1) is 13.0. The van der Waals surface area contributed by atoms with Crippen molar-refractivity contribution in [2.45, 2.75) is 57.8 Å². The maximum atomic E-state index is 14.4. The number of aryl methyl sites for hydroxylation is 1. The Morgan fingerprint density at radius 1 is 0.741 bits per heavy atom. The van der Waals surface area contributed by atoms with Gasteiger partial charge in [0.1, 0.15) is 0 Å². The Kier molecular flexibility index (Phi) is 6.08. The second-order valence-electron chi connectivity index (χ2n) is 7.06. The number of benzene rings is 2. The van der Waals surface area contributed by atoms with Gasteiger partial charge in [-0.1, -0.05) is 25.1 Å². The first kappa shape index (κ1) is 19.7. The molecule has 0 amide bonds. The van der Waals surface area contributed by atoms with Crippen LogP contribution in [0.4, 0.5) is 17.6 Å². The summed E-state index contributed by atoms with van der Waals surface area (Å²) in [5.74, 6) is -3.67. The van der Waals surface area contributed by atoms with Gasteiger partial charge < -0.3 is 4.74 Å². The van der Waals surface area contributed by atoms with Crippen LogP contribution in [0.25, 0.3) is 0 Å². The standard InChI is InChI=1S/C22H24F4O/c1-3-13-9-10-16(20(24)19(13)23)14-5-7-15(8-6-14)17-11-12-18(27-4-2)22(26)21(17)25/h9-12,14-15H,3-8H2,1-2H3. The minimum absolute atomic E-state index is 0.0824. The number of ether oxygens (including phenoxy) is 1. The number of rotatable bonds is 5. The van der Waals surface area contributed by atoms with Gasteiger partial charge in [-0.2, -0.15) is 4.39 Å². The monoisotopic (exact) mass is 380 g/mol. The minimum atomic E-state index is -0.959. The van der Waals surface area contributed by atoms with Gasteiger partial charge in [0.05, 0.1) is 6.61 Å². The Morgan fingerprint density at radius 3 is 1.78 bits per heavy atom. The van der Waals surface area contributed by atoms with E-state index in [0.717, 1.165) is 0 Å². The van der Waals surface area contributed by atoms with E-state index in [1.807, 2.05) is 0 Å². The van der Waals surface area contributed by atoms with E-state index in [1.165, 1.54) is 6.07 Å². The normalized spacial score (nSPS) is 19.9. The maximum absolute atomic E-state index is 14.4. The predicted molar refractivity (Wildman–Crippen MR) is 97.2 cm³/mol. The molecule has 0 radical (unpaired) electrons. The lowest BCUT2D eigenvalue weighted by Gasteiger charge is -2.30. The lowest BCUT2D eigenvalue weighted by molar-refractivity contribution is 0.310. The second-order valence-corrected chi connectivity index (χ2v) is 7.06. The fraction of sp³-hybridized carbons (Fsp3) is 0.455. The molecule has 1 saturated carbocycles. The fourth-order valence-electron chi connectivity index (χ4n) is 4.04. The van der Waals surface area contributed by atoms with Crippen LogP contribution in [0.1, 0.15) is 68.1 Å². The molecule has 2 aromatic carbocycles. The Morgan fingerprint density at radius 2 is 1.26 bits per heavy atom. The summed E-state index contributed by atoms with van der Waals surface area (Å²) in [4.78, 5) is 0. The third-order valence-corrected chi connectivity index (χ3v) is 5.56.